The molecule has 1 aromatic heterocycles. The third-order valence-electron chi connectivity index (χ3n) is 3.85. The molecule has 0 spiro atoms. The Morgan fingerprint density at radius 3 is 2.95 bits per heavy atom. The summed E-state index contributed by atoms with van der Waals surface area (Å²) in [4.78, 5) is 18.1. The molecule has 6 nitrogen and oxygen atoms in total. The van der Waals surface area contributed by atoms with Gasteiger partial charge in [-0.15, -0.1) is 0 Å². The molecule has 7 heteroatoms. The van der Waals surface area contributed by atoms with Crippen LogP contribution in [0.1, 0.15) is 38.4 Å². The summed E-state index contributed by atoms with van der Waals surface area (Å²) in [5.74, 6) is 0.794. The second kappa shape index (κ2) is 8.07. The minimum atomic E-state index is -0.737. The Balaban J connectivity index is 1.60. The van der Waals surface area contributed by atoms with Crippen LogP contribution in [0.5, 0.6) is 0 Å². The number of nitrogens with zero attached hydrogens (tertiary/aromatic N) is 3. The van der Waals surface area contributed by atoms with E-state index in [-0.39, 0.29) is 11.9 Å². The summed E-state index contributed by atoms with van der Waals surface area (Å²) in [6.45, 7) is 4.27. The van der Waals surface area contributed by atoms with Crippen molar-refractivity contribution in [1.82, 2.24) is 25.4 Å². The van der Waals surface area contributed by atoms with Gasteiger partial charge in [-0.05, 0) is 26.2 Å². The number of rotatable bonds is 7. The second-order valence-corrected chi connectivity index (χ2v) is 5.69. The van der Waals surface area contributed by atoms with Crippen LogP contribution in [0.15, 0.2) is 6.33 Å². The number of likely N-dealkylation sites (tertiary alicyclic amines) is 1. The molecule has 0 saturated carbocycles. The first-order valence-corrected chi connectivity index (χ1v) is 7.63. The van der Waals surface area contributed by atoms with E-state index in [1.54, 1.807) is 6.92 Å². The van der Waals surface area contributed by atoms with Gasteiger partial charge in [-0.3, -0.25) is 9.89 Å². The molecule has 0 aliphatic carbocycles. The fourth-order valence-electron chi connectivity index (χ4n) is 2.54. The van der Waals surface area contributed by atoms with Crippen LogP contribution < -0.4 is 5.32 Å². The van der Waals surface area contributed by atoms with E-state index in [9.17, 15) is 9.18 Å². The number of amides is 1. The van der Waals surface area contributed by atoms with Gasteiger partial charge in [-0.1, -0.05) is 0 Å². The molecule has 1 atom stereocenters. The summed E-state index contributed by atoms with van der Waals surface area (Å²) < 4.78 is 12.8. The molecule has 1 aromatic rings. The molecule has 2 heterocycles. The van der Waals surface area contributed by atoms with Gasteiger partial charge < -0.3 is 10.2 Å². The van der Waals surface area contributed by atoms with Crippen molar-refractivity contribution in [2.24, 2.45) is 0 Å². The first kappa shape index (κ1) is 15.9. The van der Waals surface area contributed by atoms with E-state index >= 15 is 0 Å². The average Bonchev–Trinajstić information content (AvgIpc) is 2.98. The van der Waals surface area contributed by atoms with Gasteiger partial charge in [0, 0.05) is 38.5 Å². The number of piperidine rings is 1. The molecule has 2 rings (SSSR count). The van der Waals surface area contributed by atoms with Crippen LogP contribution in [0, 0.1) is 0 Å². The van der Waals surface area contributed by atoms with Gasteiger partial charge in [0.1, 0.15) is 12.2 Å². The fraction of sp³-hybridized carbons (Fsp3) is 0.786. The smallest absolute Gasteiger partial charge is 0.220 e. The minimum absolute atomic E-state index is 0.0576. The van der Waals surface area contributed by atoms with E-state index in [0.717, 1.165) is 38.3 Å². The molecular weight excluding hydrogens is 273 g/mol. The molecule has 1 unspecified atom stereocenters. The van der Waals surface area contributed by atoms with Gasteiger partial charge in [0.2, 0.25) is 5.91 Å². The van der Waals surface area contributed by atoms with E-state index in [1.165, 1.54) is 6.33 Å². The number of aromatic amines is 1. The van der Waals surface area contributed by atoms with Gasteiger partial charge in [0.15, 0.2) is 0 Å². The van der Waals surface area contributed by atoms with E-state index in [1.807, 2.05) is 0 Å². The van der Waals surface area contributed by atoms with Crippen LogP contribution in [-0.2, 0) is 11.2 Å². The maximum atomic E-state index is 12.8. The molecule has 1 saturated heterocycles. The van der Waals surface area contributed by atoms with Crippen LogP contribution in [-0.4, -0.2) is 57.8 Å². The highest BCUT2D eigenvalue weighted by molar-refractivity contribution is 5.76. The van der Waals surface area contributed by atoms with E-state index in [2.05, 4.69) is 25.4 Å². The zero-order valence-electron chi connectivity index (χ0n) is 12.5. The van der Waals surface area contributed by atoms with Gasteiger partial charge in [0.25, 0.3) is 0 Å². The molecule has 1 amide bonds. The van der Waals surface area contributed by atoms with Crippen LogP contribution in [0.4, 0.5) is 4.39 Å². The number of halogens is 1. The molecule has 21 heavy (non-hydrogen) atoms. The fourth-order valence-corrected chi connectivity index (χ4v) is 2.54. The van der Waals surface area contributed by atoms with Crippen molar-refractivity contribution in [3.8, 4) is 0 Å². The summed E-state index contributed by atoms with van der Waals surface area (Å²) >= 11 is 0. The van der Waals surface area contributed by atoms with Crippen molar-refractivity contribution in [2.75, 3.05) is 19.6 Å². The third kappa shape index (κ3) is 5.79. The lowest BCUT2D eigenvalue weighted by Gasteiger charge is -2.32. The van der Waals surface area contributed by atoms with Crippen molar-refractivity contribution >= 4 is 5.91 Å². The Labute approximate surface area is 124 Å². The normalized spacial score (nSPS) is 18.6. The third-order valence-corrected chi connectivity index (χ3v) is 3.85. The number of nitrogens with one attached hydrogen (secondary N) is 2. The highest BCUT2D eigenvalue weighted by Crippen LogP contribution is 2.12. The number of aryl methyl sites for hydroxylation is 1. The lowest BCUT2D eigenvalue weighted by atomic mass is 10.0. The summed E-state index contributed by atoms with van der Waals surface area (Å²) in [5.41, 5.74) is 0. The molecule has 1 aliphatic rings. The Morgan fingerprint density at radius 2 is 2.33 bits per heavy atom. The van der Waals surface area contributed by atoms with Crippen molar-refractivity contribution in [1.29, 1.82) is 0 Å². The van der Waals surface area contributed by atoms with Gasteiger partial charge in [0.05, 0.1) is 6.17 Å². The predicted octanol–water partition coefficient (Wildman–Crippen LogP) is 1.07. The molecule has 118 valence electrons. The molecule has 0 bridgehead atoms. The lowest BCUT2D eigenvalue weighted by Crippen LogP contribution is -2.45. The van der Waals surface area contributed by atoms with E-state index in [4.69, 9.17) is 0 Å². The molecule has 1 fully saturated rings. The molecule has 2 N–H and O–H groups in total. The Morgan fingerprint density at radius 1 is 1.57 bits per heavy atom. The van der Waals surface area contributed by atoms with Gasteiger partial charge in [-0.25, -0.2) is 9.37 Å². The van der Waals surface area contributed by atoms with Gasteiger partial charge >= 0.3 is 0 Å². The molecular formula is C14H24FN5O. The maximum absolute atomic E-state index is 12.8. The number of aromatic nitrogens is 3. The van der Waals surface area contributed by atoms with Crippen molar-refractivity contribution in [2.45, 2.75) is 51.2 Å². The summed E-state index contributed by atoms with van der Waals surface area (Å²) in [5, 5.41) is 9.57. The number of alkyl halides is 1. The number of carbonyl (C=O) groups is 1. The summed E-state index contributed by atoms with van der Waals surface area (Å²) in [7, 11) is 0. The van der Waals surface area contributed by atoms with E-state index in [0.29, 0.717) is 19.3 Å². The number of hydrogen-bond donors (Lipinski definition) is 2. The largest absolute Gasteiger partial charge is 0.353 e. The first-order chi connectivity index (χ1) is 10.1. The molecule has 1 aliphatic heterocycles. The second-order valence-electron chi connectivity index (χ2n) is 5.69. The van der Waals surface area contributed by atoms with E-state index < -0.39 is 6.17 Å². The number of H-pyrrole nitrogens is 1. The summed E-state index contributed by atoms with van der Waals surface area (Å²) in [6, 6.07) is 0.242. The van der Waals surface area contributed by atoms with Crippen molar-refractivity contribution < 1.29 is 9.18 Å². The van der Waals surface area contributed by atoms with Crippen LogP contribution in [0.2, 0.25) is 0 Å². The minimum Gasteiger partial charge on any atom is -0.353 e. The average molecular weight is 297 g/mol. The van der Waals surface area contributed by atoms with Crippen molar-refractivity contribution in [3.63, 3.8) is 0 Å². The van der Waals surface area contributed by atoms with Crippen LogP contribution in [0.3, 0.4) is 0 Å². The maximum Gasteiger partial charge on any atom is 0.220 e. The van der Waals surface area contributed by atoms with Crippen molar-refractivity contribution in [3.05, 3.63) is 12.2 Å². The first-order valence-electron chi connectivity index (χ1n) is 7.63. The zero-order chi connectivity index (χ0) is 15.1. The van der Waals surface area contributed by atoms with Crippen LogP contribution >= 0.6 is 0 Å². The Kier molecular flexibility index (Phi) is 6.10. The summed E-state index contributed by atoms with van der Waals surface area (Å²) in [6.07, 6.45) is 4.19. The highest BCUT2D eigenvalue weighted by atomic mass is 19.1. The number of carbonyl (C=O) groups excluding carboxylic acids is 1. The monoisotopic (exact) mass is 297 g/mol. The quantitative estimate of drug-likeness (QED) is 0.789. The number of hydrogen-bond acceptors (Lipinski definition) is 4. The highest BCUT2D eigenvalue weighted by Gasteiger charge is 2.20. The Bertz CT molecular complexity index is 415. The molecule has 0 radical (unpaired) electrons. The zero-order valence-corrected chi connectivity index (χ0v) is 12.5. The van der Waals surface area contributed by atoms with Gasteiger partial charge in [-0.2, -0.15) is 5.10 Å². The SMILES string of the molecule is CC(F)CCN1CCC(NC(=O)CCc2ncn[nH]2)CC1. The molecule has 0 aromatic carbocycles. The standard InChI is InChI=1S/C14H24FN5O/c1-11(15)4-7-20-8-5-12(6-9-20)18-14(21)3-2-13-16-10-17-19-13/h10-12H,2-9H2,1H3,(H,18,21)(H,16,17,19). The Hall–Kier alpha value is -1.50. The topological polar surface area (TPSA) is 73.9 Å². The van der Waals surface area contributed by atoms with Crippen LogP contribution in [0.25, 0.3) is 0 Å². The predicted molar refractivity (Wildman–Crippen MR) is 77.5 cm³/mol. The lowest BCUT2D eigenvalue weighted by molar-refractivity contribution is -0.122.